The maximum absolute atomic E-state index is 12.1. The monoisotopic (exact) mass is 864 g/mol. The van der Waals surface area contributed by atoms with Crippen LogP contribution in [-0.2, 0) is 0 Å². The van der Waals surface area contributed by atoms with Crippen LogP contribution in [-0.4, -0.2) is 18.3 Å². The average molecular weight is 865 g/mol. The Labute approximate surface area is 389 Å². The summed E-state index contributed by atoms with van der Waals surface area (Å²) in [7, 11) is 0. The third-order valence-corrected chi connectivity index (χ3v) is 14.0. The van der Waals surface area contributed by atoms with E-state index in [0.29, 0.717) is 11.1 Å². The van der Waals surface area contributed by atoms with Gasteiger partial charge in [-0.3, -0.25) is 0 Å². The van der Waals surface area contributed by atoms with E-state index in [9.17, 15) is 10.5 Å². The molecule has 4 aromatic heterocycles. The zero-order valence-corrected chi connectivity index (χ0v) is 36.5. The molecule has 10 aromatic carbocycles. The summed E-state index contributed by atoms with van der Waals surface area (Å²) in [4.78, 5) is 0. The topological polar surface area (TPSA) is 67.3 Å². The molecule has 0 aliphatic heterocycles. The van der Waals surface area contributed by atoms with Crippen molar-refractivity contribution in [3.05, 3.63) is 230 Å². The fraction of sp³-hybridized carbons (Fsp3) is 0. The van der Waals surface area contributed by atoms with Gasteiger partial charge in [0.1, 0.15) is 11.6 Å². The molecule has 68 heavy (non-hydrogen) atoms. The minimum Gasteiger partial charge on any atom is -0.307 e. The molecule has 0 bridgehead atoms. The Balaban J connectivity index is 1.21. The van der Waals surface area contributed by atoms with Crippen LogP contribution in [0.4, 0.5) is 0 Å². The molecule has 0 saturated heterocycles. The summed E-state index contributed by atoms with van der Waals surface area (Å²) in [6, 6.07) is 81.7. The smallest absolute Gasteiger partial charge is 0.104 e. The molecule has 0 radical (unpaired) electrons. The highest BCUT2D eigenvalue weighted by Gasteiger charge is 2.28. The van der Waals surface area contributed by atoms with E-state index in [0.717, 1.165) is 121 Å². The molecule has 0 amide bonds. The van der Waals surface area contributed by atoms with Gasteiger partial charge < -0.3 is 18.3 Å². The second-order valence-electron chi connectivity index (χ2n) is 17.5. The summed E-state index contributed by atoms with van der Waals surface area (Å²) in [5, 5.41) is 31.3. The SMILES string of the molecule is N#Cc1cccc(-c2ccc(-n3c4ccccc4c4ccc5c6ccccc6n(-c6ccccc6)c5c43)c(C#N)c2-n2c3ccccc3c3ccc4c5ccccc5n(-c5ccccc5)c4c32)c1. The van der Waals surface area contributed by atoms with E-state index in [2.05, 4.69) is 225 Å². The van der Waals surface area contributed by atoms with E-state index in [4.69, 9.17) is 0 Å². The van der Waals surface area contributed by atoms with Crippen molar-refractivity contribution in [2.45, 2.75) is 0 Å². The summed E-state index contributed by atoms with van der Waals surface area (Å²) in [5.74, 6) is 0. The van der Waals surface area contributed by atoms with E-state index < -0.39 is 0 Å². The quantitative estimate of drug-likeness (QED) is 0.173. The van der Waals surface area contributed by atoms with Crippen LogP contribution < -0.4 is 0 Å². The second kappa shape index (κ2) is 14.4. The predicted octanol–water partition coefficient (Wildman–Crippen LogP) is 15.5. The molecule has 6 heteroatoms. The molecule has 314 valence electrons. The molecule has 14 aromatic rings. The number of aromatic nitrogens is 4. The number of hydrogen-bond donors (Lipinski definition) is 0. The van der Waals surface area contributed by atoms with Gasteiger partial charge in [0.25, 0.3) is 0 Å². The van der Waals surface area contributed by atoms with E-state index in [1.165, 1.54) is 0 Å². The maximum atomic E-state index is 12.1. The molecule has 0 aliphatic rings. The van der Waals surface area contributed by atoms with Crippen LogP contribution in [0.25, 0.3) is 121 Å². The van der Waals surface area contributed by atoms with Gasteiger partial charge in [-0.2, -0.15) is 10.5 Å². The van der Waals surface area contributed by atoms with Crippen LogP contribution >= 0.6 is 0 Å². The number of fused-ring (bicyclic) bond motifs is 14. The molecule has 6 nitrogen and oxygen atoms in total. The first-order chi connectivity index (χ1) is 33.7. The highest BCUT2D eigenvalue weighted by atomic mass is 15.1. The molecule has 0 saturated carbocycles. The number of nitrogens with zero attached hydrogens (tertiary/aromatic N) is 6. The molecular weight excluding hydrogens is 829 g/mol. The lowest BCUT2D eigenvalue weighted by molar-refractivity contribution is 1.11. The summed E-state index contributed by atoms with van der Waals surface area (Å²) < 4.78 is 9.42. The van der Waals surface area contributed by atoms with Crippen LogP contribution in [0.5, 0.6) is 0 Å². The van der Waals surface area contributed by atoms with Gasteiger partial charge >= 0.3 is 0 Å². The van der Waals surface area contributed by atoms with Crippen LogP contribution in [0.2, 0.25) is 0 Å². The summed E-state index contributed by atoms with van der Waals surface area (Å²) in [6.07, 6.45) is 0. The average Bonchev–Trinajstić information content (AvgIpc) is 4.14. The van der Waals surface area contributed by atoms with Gasteiger partial charge in [-0.1, -0.05) is 152 Å². The third-order valence-electron chi connectivity index (χ3n) is 14.0. The van der Waals surface area contributed by atoms with Gasteiger partial charge in [0, 0.05) is 60.0 Å². The summed E-state index contributed by atoms with van der Waals surface area (Å²) in [6.45, 7) is 0. The van der Waals surface area contributed by atoms with Crippen molar-refractivity contribution in [3.63, 3.8) is 0 Å². The number of hydrogen-bond acceptors (Lipinski definition) is 2. The fourth-order valence-corrected chi connectivity index (χ4v) is 11.3. The van der Waals surface area contributed by atoms with Gasteiger partial charge in [-0.05, 0) is 72.3 Å². The van der Waals surface area contributed by atoms with Gasteiger partial charge in [-0.25, -0.2) is 0 Å². The van der Waals surface area contributed by atoms with Crippen LogP contribution in [0.1, 0.15) is 11.1 Å². The Morgan fingerprint density at radius 3 is 1.19 bits per heavy atom. The van der Waals surface area contributed by atoms with Crippen molar-refractivity contribution in [2.24, 2.45) is 0 Å². The van der Waals surface area contributed by atoms with Crippen LogP contribution in [0.15, 0.2) is 218 Å². The molecular formula is C62H36N6. The normalized spacial score (nSPS) is 11.8. The number of rotatable bonds is 5. The van der Waals surface area contributed by atoms with Crippen molar-refractivity contribution in [1.29, 1.82) is 10.5 Å². The standard InChI is InChI=1S/C62H36N6/c63-37-39-16-15-17-40(36-39)43-34-35-57(67-55-28-13-9-24-46(55)50-32-30-48-44-22-7-11-26-53(44)65(59(48)61(50)67)41-18-3-1-4-19-41)52(38-64)58(43)68-56-29-14-10-25-47(56)51-33-31-49-45-23-8-12-27-54(45)66(60(49)62(51)68)42-20-5-2-6-21-42/h1-36H. The Kier molecular flexibility index (Phi) is 8.01. The van der Waals surface area contributed by atoms with Crippen molar-refractivity contribution in [3.8, 4) is 46.0 Å². The van der Waals surface area contributed by atoms with E-state index in [1.807, 2.05) is 24.3 Å². The first-order valence-corrected chi connectivity index (χ1v) is 22.8. The number of para-hydroxylation sites is 6. The molecule has 0 aliphatic carbocycles. The molecule has 4 heterocycles. The minimum atomic E-state index is 0.508. The van der Waals surface area contributed by atoms with Crippen molar-refractivity contribution < 1.29 is 0 Å². The molecule has 14 rings (SSSR count). The first-order valence-electron chi connectivity index (χ1n) is 22.8. The summed E-state index contributed by atoms with van der Waals surface area (Å²) >= 11 is 0. The Hall–Kier alpha value is -9.62. The fourth-order valence-electron chi connectivity index (χ4n) is 11.3. The number of benzene rings is 10. The lowest BCUT2D eigenvalue weighted by atomic mass is 9.96. The highest BCUT2D eigenvalue weighted by Crippen LogP contribution is 2.47. The third kappa shape index (κ3) is 5.14. The molecule has 0 atom stereocenters. The molecule has 0 fully saturated rings. The van der Waals surface area contributed by atoms with Gasteiger partial charge in [-0.15, -0.1) is 0 Å². The summed E-state index contributed by atoms with van der Waals surface area (Å²) in [5.41, 5.74) is 14.6. The van der Waals surface area contributed by atoms with Gasteiger partial charge in [0.2, 0.25) is 0 Å². The van der Waals surface area contributed by atoms with Crippen molar-refractivity contribution in [1.82, 2.24) is 18.3 Å². The van der Waals surface area contributed by atoms with Crippen molar-refractivity contribution >= 4 is 87.2 Å². The zero-order valence-electron chi connectivity index (χ0n) is 36.5. The lowest BCUT2D eigenvalue weighted by Crippen LogP contribution is -2.07. The largest absolute Gasteiger partial charge is 0.307 e. The van der Waals surface area contributed by atoms with E-state index >= 15 is 0 Å². The molecule has 0 unspecified atom stereocenters. The second-order valence-corrected chi connectivity index (χ2v) is 17.5. The number of nitriles is 2. The van der Waals surface area contributed by atoms with Gasteiger partial charge in [0.15, 0.2) is 0 Å². The van der Waals surface area contributed by atoms with Crippen LogP contribution in [0, 0.1) is 22.7 Å². The van der Waals surface area contributed by atoms with Gasteiger partial charge in [0.05, 0.1) is 67.1 Å². The Morgan fingerprint density at radius 1 is 0.309 bits per heavy atom. The molecule has 0 spiro atoms. The Morgan fingerprint density at radius 2 is 0.721 bits per heavy atom. The molecule has 0 N–H and O–H groups in total. The van der Waals surface area contributed by atoms with E-state index in [-0.39, 0.29) is 0 Å². The predicted molar refractivity (Wildman–Crippen MR) is 279 cm³/mol. The maximum Gasteiger partial charge on any atom is 0.104 e. The minimum absolute atomic E-state index is 0.508. The Bertz CT molecular complexity index is 4510. The van der Waals surface area contributed by atoms with Crippen LogP contribution in [0.3, 0.4) is 0 Å². The first kappa shape index (κ1) is 37.7. The van der Waals surface area contributed by atoms with Crippen molar-refractivity contribution in [2.75, 3.05) is 0 Å². The van der Waals surface area contributed by atoms with E-state index in [1.54, 1.807) is 0 Å². The lowest BCUT2D eigenvalue weighted by Gasteiger charge is -2.21. The zero-order chi connectivity index (χ0) is 45.0. The highest BCUT2D eigenvalue weighted by molar-refractivity contribution is 6.26.